The molecule has 4 heterocycles. The van der Waals surface area contributed by atoms with Crippen LogP contribution < -0.4 is 25.6 Å². The van der Waals surface area contributed by atoms with Crippen molar-refractivity contribution < 1.29 is 19.1 Å². The zero-order valence-electron chi connectivity index (χ0n) is 13.6. The van der Waals surface area contributed by atoms with Gasteiger partial charge in [0.1, 0.15) is 24.0 Å². The van der Waals surface area contributed by atoms with E-state index in [-0.39, 0.29) is 24.1 Å². The summed E-state index contributed by atoms with van der Waals surface area (Å²) >= 11 is 0. The molecule has 132 valence electrons. The Kier molecular flexibility index (Phi) is 4.00. The highest BCUT2D eigenvalue weighted by Crippen LogP contribution is 2.32. The molecular weight excluding hydrogens is 326 g/mol. The number of imide groups is 1. The summed E-state index contributed by atoms with van der Waals surface area (Å²) in [4.78, 5) is 41.9. The van der Waals surface area contributed by atoms with Crippen molar-refractivity contribution in [2.75, 3.05) is 31.1 Å². The van der Waals surface area contributed by atoms with Crippen molar-refractivity contribution in [3.63, 3.8) is 0 Å². The lowest BCUT2D eigenvalue weighted by atomic mass is 10.1. The quantitative estimate of drug-likeness (QED) is 0.576. The minimum atomic E-state index is -0.721. The third-order valence-corrected chi connectivity index (χ3v) is 4.69. The van der Waals surface area contributed by atoms with E-state index >= 15 is 0 Å². The number of piperazine rings is 1. The van der Waals surface area contributed by atoms with Crippen LogP contribution in [0.15, 0.2) is 12.1 Å². The molecule has 0 saturated carbocycles. The Bertz CT molecular complexity index is 737. The Morgan fingerprint density at radius 2 is 2.24 bits per heavy atom. The summed E-state index contributed by atoms with van der Waals surface area (Å²) < 4.78 is 5.71. The van der Waals surface area contributed by atoms with E-state index in [9.17, 15) is 14.4 Å². The maximum Gasteiger partial charge on any atom is 0.270 e. The zero-order chi connectivity index (χ0) is 17.4. The molecule has 2 fully saturated rings. The molecule has 4 rings (SSSR count). The van der Waals surface area contributed by atoms with Crippen LogP contribution in [0.4, 0.5) is 5.69 Å². The highest BCUT2D eigenvalue weighted by Gasteiger charge is 2.32. The van der Waals surface area contributed by atoms with Gasteiger partial charge in [-0.1, -0.05) is 0 Å². The number of pyridine rings is 1. The van der Waals surface area contributed by atoms with Crippen molar-refractivity contribution in [3.05, 3.63) is 17.8 Å². The summed E-state index contributed by atoms with van der Waals surface area (Å²) in [5.41, 5.74) is 1.08. The number of piperidine rings is 1. The van der Waals surface area contributed by atoms with E-state index in [1.165, 1.54) is 0 Å². The highest BCUT2D eigenvalue weighted by atomic mass is 16.5. The lowest BCUT2D eigenvalue weighted by molar-refractivity contribution is -0.134. The van der Waals surface area contributed by atoms with Gasteiger partial charge in [-0.25, -0.2) is 4.98 Å². The highest BCUT2D eigenvalue weighted by molar-refractivity contribution is 6.03. The molecule has 25 heavy (non-hydrogen) atoms. The third kappa shape index (κ3) is 3.02. The van der Waals surface area contributed by atoms with E-state index in [2.05, 4.69) is 25.8 Å². The predicted octanol–water partition coefficient (Wildman–Crippen LogP) is -1.21. The van der Waals surface area contributed by atoms with Gasteiger partial charge in [-0.05, 0) is 18.6 Å². The van der Waals surface area contributed by atoms with Gasteiger partial charge in [-0.3, -0.25) is 19.7 Å². The van der Waals surface area contributed by atoms with Crippen LogP contribution in [0.1, 0.15) is 23.3 Å². The summed E-state index contributed by atoms with van der Waals surface area (Å²) in [6.45, 7) is 3.14. The van der Waals surface area contributed by atoms with Crippen LogP contribution in [0.5, 0.6) is 5.88 Å². The van der Waals surface area contributed by atoms with Crippen LogP contribution in [-0.2, 0) is 9.59 Å². The van der Waals surface area contributed by atoms with Gasteiger partial charge in [0.15, 0.2) is 0 Å². The fourth-order valence-corrected chi connectivity index (χ4v) is 3.35. The summed E-state index contributed by atoms with van der Waals surface area (Å²) in [6, 6.07) is 3.01. The number of rotatable bonds is 2. The van der Waals surface area contributed by atoms with Crippen molar-refractivity contribution in [1.29, 1.82) is 0 Å². The van der Waals surface area contributed by atoms with Gasteiger partial charge in [0.25, 0.3) is 5.91 Å². The molecule has 0 radical (unpaired) electrons. The van der Waals surface area contributed by atoms with Crippen molar-refractivity contribution in [2.24, 2.45) is 0 Å². The van der Waals surface area contributed by atoms with E-state index in [0.29, 0.717) is 18.9 Å². The number of carbonyl (C=O) groups is 3. The zero-order valence-corrected chi connectivity index (χ0v) is 13.6. The lowest BCUT2D eigenvalue weighted by Gasteiger charge is -2.41. The van der Waals surface area contributed by atoms with Crippen LogP contribution in [0.2, 0.25) is 0 Å². The SMILES string of the molecule is O=C1CCC(NC(=O)c2ccc3c(n2)OC[C@H]2CNCCN32)C(=O)N1. The Morgan fingerprint density at radius 1 is 1.36 bits per heavy atom. The number of nitrogens with one attached hydrogen (secondary N) is 3. The van der Waals surface area contributed by atoms with Crippen molar-refractivity contribution in [3.8, 4) is 5.88 Å². The Hall–Kier alpha value is -2.68. The van der Waals surface area contributed by atoms with Gasteiger partial charge >= 0.3 is 0 Å². The molecule has 2 atom stereocenters. The molecule has 9 nitrogen and oxygen atoms in total. The molecule has 3 aliphatic rings. The van der Waals surface area contributed by atoms with Gasteiger partial charge in [-0.2, -0.15) is 0 Å². The van der Waals surface area contributed by atoms with Crippen molar-refractivity contribution >= 4 is 23.4 Å². The minimum Gasteiger partial charge on any atom is -0.474 e. The Balaban J connectivity index is 1.49. The van der Waals surface area contributed by atoms with Crippen molar-refractivity contribution in [1.82, 2.24) is 20.9 Å². The molecule has 0 spiro atoms. The Labute approximate surface area is 144 Å². The molecule has 1 aromatic rings. The van der Waals surface area contributed by atoms with Gasteiger partial charge in [-0.15, -0.1) is 0 Å². The summed E-state index contributed by atoms with van der Waals surface area (Å²) in [7, 11) is 0. The van der Waals surface area contributed by atoms with E-state index in [4.69, 9.17) is 4.74 Å². The predicted molar refractivity (Wildman–Crippen MR) is 87.4 cm³/mol. The van der Waals surface area contributed by atoms with E-state index < -0.39 is 17.9 Å². The number of hydrogen-bond donors (Lipinski definition) is 3. The van der Waals surface area contributed by atoms with E-state index in [0.717, 1.165) is 25.3 Å². The molecule has 9 heteroatoms. The van der Waals surface area contributed by atoms with Crippen LogP contribution in [0.3, 0.4) is 0 Å². The second-order valence-electron chi connectivity index (χ2n) is 6.36. The van der Waals surface area contributed by atoms with Gasteiger partial charge in [0.05, 0.1) is 6.04 Å². The van der Waals surface area contributed by atoms with Crippen LogP contribution in [0.25, 0.3) is 0 Å². The minimum absolute atomic E-state index is 0.192. The molecule has 3 aliphatic heterocycles. The fourth-order valence-electron chi connectivity index (χ4n) is 3.35. The molecule has 3 N–H and O–H groups in total. The number of ether oxygens (including phenoxy) is 1. The number of carbonyl (C=O) groups excluding carboxylic acids is 3. The first-order valence-corrected chi connectivity index (χ1v) is 8.37. The Morgan fingerprint density at radius 3 is 3.08 bits per heavy atom. The molecule has 3 amide bonds. The third-order valence-electron chi connectivity index (χ3n) is 4.69. The van der Waals surface area contributed by atoms with Crippen LogP contribution >= 0.6 is 0 Å². The number of fused-ring (bicyclic) bond motifs is 3. The molecule has 0 aliphatic carbocycles. The first-order valence-electron chi connectivity index (χ1n) is 8.37. The average Bonchev–Trinajstić information content (AvgIpc) is 2.63. The van der Waals surface area contributed by atoms with Gasteiger partial charge in [0.2, 0.25) is 17.7 Å². The van der Waals surface area contributed by atoms with E-state index in [1.54, 1.807) is 6.07 Å². The second-order valence-corrected chi connectivity index (χ2v) is 6.36. The number of hydrogen-bond acceptors (Lipinski definition) is 7. The summed E-state index contributed by atoms with van der Waals surface area (Å²) in [5.74, 6) is -0.818. The number of nitrogens with zero attached hydrogens (tertiary/aromatic N) is 2. The average molecular weight is 345 g/mol. The maximum absolute atomic E-state index is 12.4. The first-order chi connectivity index (χ1) is 12.1. The van der Waals surface area contributed by atoms with Crippen molar-refractivity contribution in [2.45, 2.75) is 24.9 Å². The molecule has 2 saturated heterocycles. The second kappa shape index (κ2) is 6.32. The topological polar surface area (TPSA) is 113 Å². The smallest absolute Gasteiger partial charge is 0.270 e. The van der Waals surface area contributed by atoms with Gasteiger partial charge in [0, 0.05) is 26.1 Å². The molecular formula is C16H19N5O4. The lowest BCUT2D eigenvalue weighted by Crippen LogP contribution is -2.56. The first kappa shape index (κ1) is 15.8. The maximum atomic E-state index is 12.4. The standard InChI is InChI=1S/C16H19N5O4/c22-13-4-2-10(15(24)20-13)18-14(23)11-1-3-12-16(19-11)25-8-9-7-17-5-6-21(9)12/h1,3,9-10,17H,2,4-8H2,(H,18,23)(H,20,22,24)/t9-,10?/m1/s1. The number of aromatic nitrogens is 1. The van der Waals surface area contributed by atoms with Crippen LogP contribution in [-0.4, -0.2) is 61.0 Å². The summed E-state index contributed by atoms with van der Waals surface area (Å²) in [6.07, 6.45) is 0.502. The largest absolute Gasteiger partial charge is 0.474 e. The van der Waals surface area contributed by atoms with Gasteiger partial charge < -0.3 is 20.3 Å². The molecule has 1 aromatic heterocycles. The normalized spacial score (nSPS) is 25.4. The number of anilines is 1. The van der Waals surface area contributed by atoms with E-state index in [1.807, 2.05) is 6.07 Å². The number of amides is 3. The molecule has 1 unspecified atom stereocenters. The fraction of sp³-hybridized carbons (Fsp3) is 0.500. The summed E-state index contributed by atoms with van der Waals surface area (Å²) in [5, 5.41) is 8.17. The monoisotopic (exact) mass is 345 g/mol. The molecule has 0 bridgehead atoms. The molecule has 0 aromatic carbocycles. The van der Waals surface area contributed by atoms with Crippen LogP contribution in [0, 0.1) is 0 Å².